The fourth-order valence-electron chi connectivity index (χ4n) is 1.57. The van der Waals surface area contributed by atoms with Gasteiger partial charge in [-0.25, -0.2) is 9.59 Å². The molecule has 0 aliphatic heterocycles. The van der Waals surface area contributed by atoms with E-state index in [0.717, 1.165) is 10.5 Å². The van der Waals surface area contributed by atoms with E-state index in [9.17, 15) is 14.4 Å². The lowest BCUT2D eigenvalue weighted by atomic mass is 10.2. The third kappa shape index (κ3) is 8.38. The van der Waals surface area contributed by atoms with Crippen LogP contribution in [0.5, 0.6) is 0 Å². The van der Waals surface area contributed by atoms with Gasteiger partial charge in [-0.05, 0) is 35.9 Å². The smallest absolute Gasteiger partial charge is 0.331 e. The minimum Gasteiger partial charge on any atom is -0.452 e. The molecule has 6 nitrogen and oxygen atoms in total. The zero-order valence-corrected chi connectivity index (χ0v) is 14.8. The molecule has 2 N–H and O–H groups in total. The Labute approximate surface area is 146 Å². The van der Waals surface area contributed by atoms with Crippen molar-refractivity contribution >= 4 is 35.7 Å². The van der Waals surface area contributed by atoms with Gasteiger partial charge < -0.3 is 10.1 Å². The molecule has 1 aromatic rings. The maximum absolute atomic E-state index is 11.6. The Morgan fingerprint density at radius 2 is 1.88 bits per heavy atom. The summed E-state index contributed by atoms with van der Waals surface area (Å²) < 4.78 is 4.78. The first-order valence-corrected chi connectivity index (χ1v) is 8.69. The fraction of sp³-hybridized carbons (Fsp3) is 0.353. The van der Waals surface area contributed by atoms with Gasteiger partial charge in [0, 0.05) is 17.5 Å². The molecule has 7 heteroatoms. The van der Waals surface area contributed by atoms with Gasteiger partial charge in [0.25, 0.3) is 5.91 Å². The number of rotatable bonds is 7. The summed E-state index contributed by atoms with van der Waals surface area (Å²) in [6.45, 7) is 3.82. The van der Waals surface area contributed by atoms with Crippen LogP contribution in [0, 0.1) is 5.92 Å². The Hall–Kier alpha value is -2.28. The number of nitrogens with one attached hydrogen (secondary N) is 2. The topological polar surface area (TPSA) is 84.5 Å². The van der Waals surface area contributed by atoms with Crippen LogP contribution in [-0.2, 0) is 14.3 Å². The van der Waals surface area contributed by atoms with Crippen LogP contribution in [0.25, 0.3) is 6.08 Å². The Bertz CT molecular complexity index is 597. The van der Waals surface area contributed by atoms with Crippen molar-refractivity contribution in [3.8, 4) is 0 Å². The molecular formula is C17H22N2O4S. The van der Waals surface area contributed by atoms with Gasteiger partial charge in [-0.1, -0.05) is 26.0 Å². The summed E-state index contributed by atoms with van der Waals surface area (Å²) >= 11 is 1.63. The van der Waals surface area contributed by atoms with Gasteiger partial charge in [-0.3, -0.25) is 10.1 Å². The SMILES string of the molecule is CSc1ccc(/C=C/C(=O)OCC(=O)NC(=O)NCC(C)C)cc1. The number of hydrogen-bond donors (Lipinski definition) is 2. The van der Waals surface area contributed by atoms with E-state index in [1.165, 1.54) is 6.08 Å². The number of esters is 1. The summed E-state index contributed by atoms with van der Waals surface area (Å²) in [5.74, 6) is -1.05. The molecule has 0 unspecified atom stereocenters. The molecule has 0 radical (unpaired) electrons. The zero-order valence-electron chi connectivity index (χ0n) is 14.0. The summed E-state index contributed by atoms with van der Waals surface area (Å²) in [5, 5.41) is 4.61. The molecule has 0 heterocycles. The number of benzene rings is 1. The molecule has 0 atom stereocenters. The molecule has 24 heavy (non-hydrogen) atoms. The Kier molecular flexibility index (Phi) is 8.64. The zero-order chi connectivity index (χ0) is 17.9. The molecule has 3 amide bonds. The van der Waals surface area contributed by atoms with Crippen LogP contribution in [0.15, 0.2) is 35.2 Å². The summed E-state index contributed by atoms with van der Waals surface area (Å²) in [6.07, 6.45) is 4.82. The maximum atomic E-state index is 11.6. The van der Waals surface area contributed by atoms with Crippen LogP contribution < -0.4 is 10.6 Å². The lowest BCUT2D eigenvalue weighted by Gasteiger charge is -2.08. The average Bonchev–Trinajstić information content (AvgIpc) is 2.56. The average molecular weight is 350 g/mol. The molecule has 0 saturated heterocycles. The van der Waals surface area contributed by atoms with Crippen molar-refractivity contribution in [2.45, 2.75) is 18.7 Å². The minimum atomic E-state index is -0.678. The van der Waals surface area contributed by atoms with Gasteiger partial charge in [0.15, 0.2) is 6.61 Å². The van der Waals surface area contributed by atoms with Gasteiger partial charge in [-0.2, -0.15) is 0 Å². The summed E-state index contributed by atoms with van der Waals surface area (Å²) in [7, 11) is 0. The van der Waals surface area contributed by atoms with Crippen molar-refractivity contribution in [1.82, 2.24) is 10.6 Å². The second-order valence-corrected chi connectivity index (χ2v) is 6.25. The lowest BCUT2D eigenvalue weighted by Crippen LogP contribution is -2.42. The highest BCUT2D eigenvalue weighted by atomic mass is 32.2. The Balaban J connectivity index is 2.32. The standard InChI is InChI=1S/C17H22N2O4S/c1-12(2)10-18-17(22)19-15(20)11-23-16(21)9-6-13-4-7-14(24-3)8-5-13/h4-9,12H,10-11H2,1-3H3,(H2,18,19,20,22)/b9-6+. The first kappa shape index (κ1) is 19.8. The number of hydrogen-bond acceptors (Lipinski definition) is 5. The predicted octanol–water partition coefficient (Wildman–Crippen LogP) is 2.45. The van der Waals surface area contributed by atoms with Crippen LogP contribution in [0.2, 0.25) is 0 Å². The highest BCUT2D eigenvalue weighted by molar-refractivity contribution is 7.98. The van der Waals surface area contributed by atoms with Gasteiger partial charge in [0.05, 0.1) is 0 Å². The molecule has 0 bridgehead atoms. The van der Waals surface area contributed by atoms with E-state index in [2.05, 4.69) is 10.6 Å². The molecule has 130 valence electrons. The third-order valence-electron chi connectivity index (χ3n) is 2.80. The van der Waals surface area contributed by atoms with E-state index in [1.54, 1.807) is 17.8 Å². The van der Waals surface area contributed by atoms with E-state index >= 15 is 0 Å². The van der Waals surface area contributed by atoms with E-state index in [0.29, 0.717) is 6.54 Å². The summed E-state index contributed by atoms with van der Waals surface area (Å²) in [4.78, 5) is 35.5. The number of thioether (sulfide) groups is 1. The highest BCUT2D eigenvalue weighted by Gasteiger charge is 2.09. The van der Waals surface area contributed by atoms with Crippen molar-refractivity contribution in [1.29, 1.82) is 0 Å². The molecule has 0 saturated carbocycles. The van der Waals surface area contributed by atoms with Crippen LogP contribution in [-0.4, -0.2) is 37.3 Å². The minimum absolute atomic E-state index is 0.277. The molecule has 1 rings (SSSR count). The van der Waals surface area contributed by atoms with Crippen molar-refractivity contribution in [2.24, 2.45) is 5.92 Å². The largest absolute Gasteiger partial charge is 0.452 e. The first-order chi connectivity index (χ1) is 11.4. The quantitative estimate of drug-likeness (QED) is 0.448. The summed E-state index contributed by atoms with van der Waals surface area (Å²) in [5.41, 5.74) is 0.849. The van der Waals surface area contributed by atoms with Gasteiger partial charge in [-0.15, -0.1) is 11.8 Å². The molecule has 0 spiro atoms. The van der Waals surface area contributed by atoms with Gasteiger partial charge in [0.1, 0.15) is 0 Å². The van der Waals surface area contributed by atoms with Gasteiger partial charge in [0.2, 0.25) is 0 Å². The fourth-order valence-corrected chi connectivity index (χ4v) is 1.98. The second kappa shape index (κ2) is 10.5. The van der Waals surface area contributed by atoms with E-state index in [-0.39, 0.29) is 5.92 Å². The van der Waals surface area contributed by atoms with Crippen molar-refractivity contribution in [2.75, 3.05) is 19.4 Å². The van der Waals surface area contributed by atoms with E-state index < -0.39 is 24.5 Å². The Morgan fingerprint density at radius 3 is 2.46 bits per heavy atom. The molecule has 0 aliphatic carbocycles. The normalized spacial score (nSPS) is 10.7. The van der Waals surface area contributed by atoms with Gasteiger partial charge >= 0.3 is 12.0 Å². The molecule has 0 aromatic heterocycles. The third-order valence-corrected chi connectivity index (χ3v) is 3.54. The van der Waals surface area contributed by atoms with Crippen LogP contribution >= 0.6 is 11.8 Å². The number of urea groups is 1. The molecule has 0 fully saturated rings. The summed E-state index contributed by atoms with van der Waals surface area (Å²) in [6, 6.07) is 7.04. The van der Waals surface area contributed by atoms with Crippen molar-refractivity contribution in [3.05, 3.63) is 35.9 Å². The maximum Gasteiger partial charge on any atom is 0.331 e. The highest BCUT2D eigenvalue weighted by Crippen LogP contribution is 2.15. The number of ether oxygens (including phenoxy) is 1. The number of imide groups is 1. The first-order valence-electron chi connectivity index (χ1n) is 7.47. The van der Waals surface area contributed by atoms with Crippen LogP contribution in [0.4, 0.5) is 4.79 Å². The molecule has 1 aromatic carbocycles. The Morgan fingerprint density at radius 1 is 1.21 bits per heavy atom. The van der Waals surface area contributed by atoms with E-state index in [1.807, 2.05) is 44.4 Å². The lowest BCUT2D eigenvalue weighted by molar-refractivity contribution is -0.143. The second-order valence-electron chi connectivity index (χ2n) is 5.37. The van der Waals surface area contributed by atoms with Crippen molar-refractivity contribution < 1.29 is 19.1 Å². The van der Waals surface area contributed by atoms with Crippen molar-refractivity contribution in [3.63, 3.8) is 0 Å². The molecular weight excluding hydrogens is 328 g/mol. The molecule has 0 aliphatic rings. The monoisotopic (exact) mass is 350 g/mol. The number of carbonyl (C=O) groups is 3. The number of amides is 3. The number of carbonyl (C=O) groups excluding carboxylic acids is 3. The van der Waals surface area contributed by atoms with Crippen LogP contribution in [0.3, 0.4) is 0 Å². The van der Waals surface area contributed by atoms with Crippen LogP contribution in [0.1, 0.15) is 19.4 Å². The predicted molar refractivity (Wildman–Crippen MR) is 94.6 cm³/mol. The van der Waals surface area contributed by atoms with E-state index in [4.69, 9.17) is 4.74 Å².